The Balaban J connectivity index is 2.17. The first-order valence-corrected chi connectivity index (χ1v) is 8.76. The molecular weight excluding hydrogens is 473 g/mol. The zero-order chi connectivity index (χ0) is 16.8. The van der Waals surface area contributed by atoms with E-state index in [-0.39, 0.29) is 5.91 Å². The van der Waals surface area contributed by atoms with Crippen molar-refractivity contribution in [3.63, 3.8) is 0 Å². The molecule has 2 rings (SSSR count). The Bertz CT molecular complexity index is 720. The SMILES string of the molecule is COC(=O)[C@@H](Cc1ccccc1I)NC(=O)c1cccc(Br)c1. The Kier molecular flexibility index (Phi) is 6.59. The molecule has 0 radical (unpaired) electrons. The van der Waals surface area contributed by atoms with Crippen molar-refractivity contribution in [2.24, 2.45) is 0 Å². The predicted molar refractivity (Wildman–Crippen MR) is 100 cm³/mol. The Morgan fingerprint density at radius 1 is 1.22 bits per heavy atom. The lowest BCUT2D eigenvalue weighted by molar-refractivity contribution is -0.142. The third kappa shape index (κ3) is 5.04. The first-order chi connectivity index (χ1) is 11.0. The van der Waals surface area contributed by atoms with Gasteiger partial charge in [0.2, 0.25) is 0 Å². The van der Waals surface area contributed by atoms with E-state index in [2.05, 4.69) is 43.8 Å². The van der Waals surface area contributed by atoms with Crippen molar-refractivity contribution in [3.8, 4) is 0 Å². The van der Waals surface area contributed by atoms with Crippen LogP contribution in [-0.2, 0) is 16.0 Å². The highest BCUT2D eigenvalue weighted by atomic mass is 127. The number of rotatable bonds is 5. The van der Waals surface area contributed by atoms with Crippen molar-refractivity contribution in [3.05, 3.63) is 67.7 Å². The van der Waals surface area contributed by atoms with E-state index in [4.69, 9.17) is 4.74 Å². The molecule has 23 heavy (non-hydrogen) atoms. The molecule has 0 bridgehead atoms. The van der Waals surface area contributed by atoms with Gasteiger partial charge in [0.15, 0.2) is 0 Å². The number of hydrogen-bond acceptors (Lipinski definition) is 3. The Morgan fingerprint density at radius 2 is 1.96 bits per heavy atom. The van der Waals surface area contributed by atoms with Gasteiger partial charge >= 0.3 is 5.97 Å². The molecule has 1 amide bonds. The van der Waals surface area contributed by atoms with Crippen LogP contribution < -0.4 is 5.32 Å². The van der Waals surface area contributed by atoms with E-state index in [0.29, 0.717) is 12.0 Å². The van der Waals surface area contributed by atoms with Crippen LogP contribution in [-0.4, -0.2) is 25.0 Å². The van der Waals surface area contributed by atoms with Gasteiger partial charge in [-0.2, -0.15) is 0 Å². The number of amides is 1. The Hall–Kier alpha value is -1.41. The summed E-state index contributed by atoms with van der Waals surface area (Å²) < 4.78 is 6.66. The number of hydrogen-bond donors (Lipinski definition) is 1. The Morgan fingerprint density at radius 3 is 2.61 bits per heavy atom. The number of carbonyl (C=O) groups is 2. The van der Waals surface area contributed by atoms with Gasteiger partial charge < -0.3 is 10.1 Å². The van der Waals surface area contributed by atoms with Gasteiger partial charge in [0, 0.05) is 20.0 Å². The summed E-state index contributed by atoms with van der Waals surface area (Å²) in [6.07, 6.45) is 0.380. The van der Waals surface area contributed by atoms with E-state index >= 15 is 0 Å². The van der Waals surface area contributed by atoms with Crippen molar-refractivity contribution in [1.82, 2.24) is 5.32 Å². The quantitative estimate of drug-likeness (QED) is 0.518. The molecule has 0 aliphatic heterocycles. The summed E-state index contributed by atoms with van der Waals surface area (Å²) in [6, 6.07) is 14.0. The summed E-state index contributed by atoms with van der Waals surface area (Å²) in [5, 5.41) is 2.75. The third-order valence-electron chi connectivity index (χ3n) is 3.26. The Labute approximate surface area is 156 Å². The highest BCUT2D eigenvalue weighted by Gasteiger charge is 2.23. The smallest absolute Gasteiger partial charge is 0.328 e. The van der Waals surface area contributed by atoms with Crippen LogP contribution in [0.4, 0.5) is 0 Å². The number of methoxy groups -OCH3 is 1. The average molecular weight is 488 g/mol. The summed E-state index contributed by atoms with van der Waals surface area (Å²) in [7, 11) is 1.32. The van der Waals surface area contributed by atoms with Crippen LogP contribution in [0.2, 0.25) is 0 Å². The fourth-order valence-electron chi connectivity index (χ4n) is 2.09. The third-order valence-corrected chi connectivity index (χ3v) is 4.81. The molecule has 2 aromatic rings. The summed E-state index contributed by atoms with van der Waals surface area (Å²) >= 11 is 5.54. The maximum absolute atomic E-state index is 12.4. The lowest BCUT2D eigenvalue weighted by Crippen LogP contribution is -2.43. The second-order valence-electron chi connectivity index (χ2n) is 4.86. The number of carbonyl (C=O) groups excluding carboxylic acids is 2. The normalized spacial score (nSPS) is 11.6. The molecule has 120 valence electrons. The van der Waals surface area contributed by atoms with Crippen LogP contribution in [0.1, 0.15) is 15.9 Å². The summed E-state index contributed by atoms with van der Waals surface area (Å²) in [5.41, 5.74) is 1.47. The van der Waals surface area contributed by atoms with E-state index in [1.807, 2.05) is 30.3 Å². The number of halogens is 2. The molecule has 0 aliphatic rings. The molecule has 0 fully saturated rings. The number of ether oxygens (including phenoxy) is 1. The van der Waals surface area contributed by atoms with Gasteiger partial charge in [-0.3, -0.25) is 4.79 Å². The van der Waals surface area contributed by atoms with Gasteiger partial charge in [0.1, 0.15) is 6.04 Å². The molecule has 1 atom stereocenters. The van der Waals surface area contributed by atoms with Crippen LogP contribution in [0, 0.1) is 3.57 Å². The maximum Gasteiger partial charge on any atom is 0.328 e. The number of benzene rings is 2. The van der Waals surface area contributed by atoms with Gasteiger partial charge in [-0.15, -0.1) is 0 Å². The van der Waals surface area contributed by atoms with E-state index < -0.39 is 12.0 Å². The van der Waals surface area contributed by atoms with Crippen LogP contribution in [0.5, 0.6) is 0 Å². The van der Waals surface area contributed by atoms with E-state index in [0.717, 1.165) is 13.6 Å². The number of esters is 1. The molecule has 0 heterocycles. The summed E-state index contributed by atoms with van der Waals surface area (Å²) in [4.78, 5) is 24.4. The lowest BCUT2D eigenvalue weighted by Gasteiger charge is -2.17. The minimum absolute atomic E-state index is 0.312. The molecule has 0 saturated carbocycles. The van der Waals surface area contributed by atoms with Gasteiger partial charge in [-0.1, -0.05) is 40.2 Å². The highest BCUT2D eigenvalue weighted by Crippen LogP contribution is 2.15. The zero-order valence-electron chi connectivity index (χ0n) is 12.4. The average Bonchev–Trinajstić information content (AvgIpc) is 2.55. The molecule has 0 spiro atoms. The minimum Gasteiger partial charge on any atom is -0.467 e. The molecular formula is C17H15BrINO3. The molecule has 6 heteroatoms. The van der Waals surface area contributed by atoms with Crippen molar-refractivity contribution >= 4 is 50.4 Å². The largest absolute Gasteiger partial charge is 0.467 e. The molecule has 0 aromatic heterocycles. The monoisotopic (exact) mass is 487 g/mol. The van der Waals surface area contributed by atoms with Gasteiger partial charge in [-0.05, 0) is 52.4 Å². The standard InChI is InChI=1S/C17H15BrINO3/c1-23-17(22)15(10-11-5-2-3-8-14(11)19)20-16(21)12-6-4-7-13(18)9-12/h2-9,15H,10H2,1H3,(H,20,21)/t15-/m1/s1. The van der Waals surface area contributed by atoms with Gasteiger partial charge in [0.05, 0.1) is 7.11 Å². The molecule has 0 saturated heterocycles. The number of nitrogens with one attached hydrogen (secondary N) is 1. The molecule has 1 N–H and O–H groups in total. The van der Waals surface area contributed by atoms with Crippen LogP contribution >= 0.6 is 38.5 Å². The van der Waals surface area contributed by atoms with Crippen LogP contribution in [0.15, 0.2) is 53.0 Å². The van der Waals surface area contributed by atoms with Crippen LogP contribution in [0.25, 0.3) is 0 Å². The van der Waals surface area contributed by atoms with Gasteiger partial charge in [0.25, 0.3) is 5.91 Å². The summed E-state index contributed by atoms with van der Waals surface area (Å²) in [5.74, 6) is -0.777. The predicted octanol–water partition coefficient (Wildman–Crippen LogP) is 3.57. The fraction of sp³-hybridized carbons (Fsp3) is 0.176. The second kappa shape index (κ2) is 8.44. The molecule has 2 aromatic carbocycles. The fourth-order valence-corrected chi connectivity index (χ4v) is 3.10. The zero-order valence-corrected chi connectivity index (χ0v) is 16.1. The van der Waals surface area contributed by atoms with Crippen molar-refractivity contribution in [1.29, 1.82) is 0 Å². The molecule has 4 nitrogen and oxygen atoms in total. The van der Waals surface area contributed by atoms with Crippen molar-refractivity contribution in [2.75, 3.05) is 7.11 Å². The summed E-state index contributed by atoms with van der Waals surface area (Å²) in [6.45, 7) is 0. The molecule has 0 unspecified atom stereocenters. The lowest BCUT2D eigenvalue weighted by atomic mass is 10.1. The van der Waals surface area contributed by atoms with E-state index in [1.165, 1.54) is 7.11 Å². The second-order valence-corrected chi connectivity index (χ2v) is 6.93. The van der Waals surface area contributed by atoms with E-state index in [9.17, 15) is 9.59 Å². The topological polar surface area (TPSA) is 55.4 Å². The van der Waals surface area contributed by atoms with E-state index in [1.54, 1.807) is 18.2 Å². The molecule has 0 aliphatic carbocycles. The first-order valence-electron chi connectivity index (χ1n) is 6.89. The van der Waals surface area contributed by atoms with Crippen molar-refractivity contribution in [2.45, 2.75) is 12.5 Å². The van der Waals surface area contributed by atoms with Crippen LogP contribution in [0.3, 0.4) is 0 Å². The maximum atomic E-state index is 12.4. The minimum atomic E-state index is -0.734. The van der Waals surface area contributed by atoms with Gasteiger partial charge in [-0.25, -0.2) is 4.79 Å². The first kappa shape index (κ1) is 17.9. The highest BCUT2D eigenvalue weighted by molar-refractivity contribution is 14.1. The van der Waals surface area contributed by atoms with Crippen molar-refractivity contribution < 1.29 is 14.3 Å².